The summed E-state index contributed by atoms with van der Waals surface area (Å²) in [6.45, 7) is 3.47. The summed E-state index contributed by atoms with van der Waals surface area (Å²) in [5, 5.41) is 9.44. The molecule has 0 unspecified atom stereocenters. The Labute approximate surface area is 244 Å². The fourth-order valence-electron chi connectivity index (χ4n) is 5.97. The molecule has 2 fully saturated rings. The number of aryl methyl sites for hydroxylation is 1. The highest BCUT2D eigenvalue weighted by atomic mass is 16.5. The first-order chi connectivity index (χ1) is 20.4. The molecule has 2 saturated heterocycles. The Morgan fingerprint density at radius 1 is 1.02 bits per heavy atom. The van der Waals surface area contributed by atoms with Crippen LogP contribution < -0.4 is 20.3 Å². The summed E-state index contributed by atoms with van der Waals surface area (Å²) in [4.78, 5) is 54.8. The number of hydrogen-bond acceptors (Lipinski definition) is 8. The van der Waals surface area contributed by atoms with Crippen LogP contribution in [-0.4, -0.2) is 97.4 Å². The zero-order chi connectivity index (χ0) is 29.5. The number of hydrogen-bond donors (Lipinski definition) is 2. The van der Waals surface area contributed by atoms with Gasteiger partial charge in [-0.15, -0.1) is 0 Å². The maximum Gasteiger partial charge on any atom is 0.264 e. The molecule has 0 aliphatic carbocycles. The van der Waals surface area contributed by atoms with Crippen LogP contribution in [0.5, 0.6) is 11.5 Å². The van der Waals surface area contributed by atoms with Crippen molar-refractivity contribution >= 4 is 17.7 Å². The van der Waals surface area contributed by atoms with Crippen molar-refractivity contribution in [1.82, 2.24) is 25.3 Å². The lowest BCUT2D eigenvalue weighted by molar-refractivity contribution is -0.137. The lowest BCUT2D eigenvalue weighted by Gasteiger charge is -2.26. The molecule has 42 heavy (non-hydrogen) atoms. The zero-order valence-corrected chi connectivity index (χ0v) is 24.0. The molecule has 1 aromatic carbocycles. The number of carbonyl (C=O) groups is 3. The molecule has 3 aliphatic rings. The summed E-state index contributed by atoms with van der Waals surface area (Å²) in [5.74, 6) is 0.363. The Balaban J connectivity index is 1.31. The minimum atomic E-state index is -0.402. The molecule has 226 valence electrons. The Kier molecular flexibility index (Phi) is 9.73. The van der Waals surface area contributed by atoms with Crippen LogP contribution in [0.3, 0.4) is 0 Å². The monoisotopic (exact) mass is 581 g/mol. The van der Waals surface area contributed by atoms with Gasteiger partial charge in [0.2, 0.25) is 17.7 Å². The lowest BCUT2D eigenvalue weighted by Crippen LogP contribution is -2.40. The Hall–Kier alpha value is -3.93. The Bertz CT molecular complexity index is 1300. The number of aromatic amines is 1. The number of aromatic nitrogens is 2. The minimum absolute atomic E-state index is 0.0659. The second kappa shape index (κ2) is 13.8. The second-order valence-electron chi connectivity index (χ2n) is 11.0. The maximum atomic E-state index is 13.5. The topological polar surface area (TPSA) is 143 Å². The average Bonchev–Trinajstić information content (AvgIpc) is 3.47. The fourth-order valence-corrected chi connectivity index (χ4v) is 5.97. The zero-order valence-electron chi connectivity index (χ0n) is 24.0. The van der Waals surface area contributed by atoms with E-state index in [-0.39, 0.29) is 48.1 Å². The molecule has 2 aromatic rings. The molecule has 0 saturated carbocycles. The number of benzene rings is 1. The number of amides is 3. The van der Waals surface area contributed by atoms with Crippen LogP contribution in [0.4, 0.5) is 0 Å². The van der Waals surface area contributed by atoms with Gasteiger partial charge in [0.25, 0.3) is 5.56 Å². The van der Waals surface area contributed by atoms with E-state index in [2.05, 4.69) is 15.5 Å². The van der Waals surface area contributed by atoms with E-state index in [1.54, 1.807) is 18.1 Å². The van der Waals surface area contributed by atoms with Gasteiger partial charge < -0.3 is 29.3 Å². The van der Waals surface area contributed by atoms with Crippen molar-refractivity contribution in [2.45, 2.75) is 38.0 Å². The number of H-pyrrole nitrogens is 1. The van der Waals surface area contributed by atoms with Gasteiger partial charge in [-0.25, -0.2) is 5.10 Å². The van der Waals surface area contributed by atoms with Crippen molar-refractivity contribution in [3.63, 3.8) is 0 Å². The average molecular weight is 582 g/mol. The highest BCUT2D eigenvalue weighted by Crippen LogP contribution is 2.38. The molecule has 5 rings (SSSR count). The summed E-state index contributed by atoms with van der Waals surface area (Å²) in [7, 11) is 1.57. The number of fused-ring (bicyclic) bond motifs is 4. The smallest absolute Gasteiger partial charge is 0.264 e. The third kappa shape index (κ3) is 7.10. The number of nitrogens with one attached hydrogen (secondary N) is 2. The van der Waals surface area contributed by atoms with Crippen LogP contribution in [0.1, 0.15) is 42.9 Å². The van der Waals surface area contributed by atoms with E-state index in [1.807, 2.05) is 23.1 Å². The van der Waals surface area contributed by atoms with Crippen molar-refractivity contribution in [2.75, 3.05) is 59.7 Å². The van der Waals surface area contributed by atoms with Crippen LogP contribution in [0.2, 0.25) is 0 Å². The summed E-state index contributed by atoms with van der Waals surface area (Å²) >= 11 is 0. The summed E-state index contributed by atoms with van der Waals surface area (Å²) in [6.07, 6.45) is 2.60. The first-order valence-corrected chi connectivity index (χ1v) is 14.7. The highest BCUT2D eigenvalue weighted by Gasteiger charge is 2.42. The van der Waals surface area contributed by atoms with Gasteiger partial charge in [0.1, 0.15) is 6.61 Å². The predicted molar refractivity (Wildman–Crippen MR) is 152 cm³/mol. The van der Waals surface area contributed by atoms with Gasteiger partial charge >= 0.3 is 0 Å². The van der Waals surface area contributed by atoms with Crippen LogP contribution in [0.15, 0.2) is 35.1 Å². The van der Waals surface area contributed by atoms with E-state index in [9.17, 15) is 19.2 Å². The normalized spacial score (nSPS) is 22.0. The van der Waals surface area contributed by atoms with Gasteiger partial charge in [-0.2, -0.15) is 5.10 Å². The van der Waals surface area contributed by atoms with Gasteiger partial charge in [-0.3, -0.25) is 19.2 Å². The predicted octanol–water partition coefficient (Wildman–Crippen LogP) is 1.11. The number of nitrogens with zero attached hydrogens (tertiary/aromatic N) is 3. The number of likely N-dealkylation sites (tertiary alicyclic amines) is 1. The van der Waals surface area contributed by atoms with Crippen LogP contribution >= 0.6 is 0 Å². The molecular weight excluding hydrogens is 542 g/mol. The molecule has 4 heterocycles. The van der Waals surface area contributed by atoms with E-state index >= 15 is 0 Å². The molecule has 3 amide bonds. The SMILES string of the molecule is COc1ccc2cc1OCCN(C(=O)CCc1ccc(=O)[nH]n1)CCCNC(=O)[C@H]1CN(C(=O)C3CCOCC3)C[C@H]21. The second-order valence-corrected chi connectivity index (χ2v) is 11.0. The molecular formula is C30H39N5O7. The van der Waals surface area contributed by atoms with E-state index in [0.29, 0.717) is 88.8 Å². The summed E-state index contributed by atoms with van der Waals surface area (Å²) in [6, 6.07) is 8.66. The van der Waals surface area contributed by atoms with Gasteiger partial charge in [0.05, 0.1) is 25.3 Å². The molecule has 1 aromatic heterocycles. The largest absolute Gasteiger partial charge is 0.493 e. The quantitative estimate of drug-likeness (QED) is 0.535. The van der Waals surface area contributed by atoms with Crippen LogP contribution in [0, 0.1) is 11.8 Å². The van der Waals surface area contributed by atoms with Crippen molar-refractivity contribution in [3.8, 4) is 11.5 Å². The number of ether oxygens (including phenoxy) is 3. The van der Waals surface area contributed by atoms with Crippen LogP contribution in [0.25, 0.3) is 0 Å². The van der Waals surface area contributed by atoms with Gasteiger partial charge in [0.15, 0.2) is 11.5 Å². The molecule has 2 bridgehead atoms. The van der Waals surface area contributed by atoms with Gasteiger partial charge in [0, 0.05) is 70.1 Å². The van der Waals surface area contributed by atoms with Crippen molar-refractivity contribution in [2.24, 2.45) is 11.8 Å². The number of methoxy groups -OCH3 is 1. The molecule has 0 radical (unpaired) electrons. The van der Waals surface area contributed by atoms with Crippen molar-refractivity contribution in [3.05, 3.63) is 51.9 Å². The number of rotatable bonds is 5. The first-order valence-electron chi connectivity index (χ1n) is 14.7. The van der Waals surface area contributed by atoms with E-state index < -0.39 is 5.92 Å². The third-order valence-corrected chi connectivity index (χ3v) is 8.36. The maximum absolute atomic E-state index is 13.5. The van der Waals surface area contributed by atoms with Crippen molar-refractivity contribution < 1.29 is 28.6 Å². The first kappa shape index (κ1) is 29.6. The highest BCUT2D eigenvalue weighted by molar-refractivity contribution is 5.84. The van der Waals surface area contributed by atoms with Gasteiger partial charge in [-0.1, -0.05) is 6.07 Å². The molecule has 2 N–H and O–H groups in total. The van der Waals surface area contributed by atoms with Crippen LogP contribution in [-0.2, 0) is 25.5 Å². The van der Waals surface area contributed by atoms with Crippen molar-refractivity contribution in [1.29, 1.82) is 0 Å². The molecule has 12 heteroatoms. The van der Waals surface area contributed by atoms with E-state index in [4.69, 9.17) is 14.2 Å². The van der Waals surface area contributed by atoms with E-state index in [0.717, 1.165) is 5.56 Å². The Morgan fingerprint density at radius 3 is 2.60 bits per heavy atom. The third-order valence-electron chi connectivity index (χ3n) is 8.36. The van der Waals surface area contributed by atoms with E-state index in [1.165, 1.54) is 6.07 Å². The summed E-state index contributed by atoms with van der Waals surface area (Å²) < 4.78 is 17.1. The standard InChI is InChI=1S/C30H39N5O7/c1-40-25-6-3-21-17-26(25)42-16-13-34(28(37)8-5-22-4-7-27(36)33-32-22)12-2-11-31-29(38)24-19-35(18-23(21)24)30(39)20-9-14-41-15-10-20/h3-4,6-7,17,20,23-24H,2,5,8-16,18-19H2,1H3,(H,31,38)(H,33,36)/t23-,24+/m1/s1. The lowest BCUT2D eigenvalue weighted by atomic mass is 9.88. The molecule has 2 atom stereocenters. The summed E-state index contributed by atoms with van der Waals surface area (Å²) in [5.41, 5.74) is 1.25. The fraction of sp³-hybridized carbons (Fsp3) is 0.567. The Morgan fingerprint density at radius 2 is 1.83 bits per heavy atom. The number of carbonyl (C=O) groups excluding carboxylic acids is 3. The molecule has 12 nitrogen and oxygen atoms in total. The molecule has 3 aliphatic heterocycles. The minimum Gasteiger partial charge on any atom is -0.493 e. The molecule has 0 spiro atoms. The van der Waals surface area contributed by atoms with Gasteiger partial charge in [-0.05, 0) is 43.0 Å².